The third-order valence-corrected chi connectivity index (χ3v) is 6.34. The van der Waals surface area contributed by atoms with E-state index in [2.05, 4.69) is 26.8 Å². The molecule has 1 amide bonds. The van der Waals surface area contributed by atoms with Crippen LogP contribution in [-0.2, 0) is 9.53 Å². The fraction of sp³-hybridized carbons (Fsp3) is 0.941. The van der Waals surface area contributed by atoms with Gasteiger partial charge < -0.3 is 15.4 Å². The van der Waals surface area contributed by atoms with E-state index in [1.54, 1.807) is 0 Å². The lowest BCUT2D eigenvalue weighted by molar-refractivity contribution is -0.156. The van der Waals surface area contributed by atoms with Crippen molar-refractivity contribution in [3.05, 3.63) is 0 Å². The number of amides is 1. The predicted molar refractivity (Wildman–Crippen MR) is 94.6 cm³/mol. The molecule has 4 heterocycles. The van der Waals surface area contributed by atoms with E-state index < -0.39 is 24.4 Å². The van der Waals surface area contributed by atoms with Crippen LogP contribution in [0.2, 0.25) is 0 Å². The van der Waals surface area contributed by atoms with Crippen molar-refractivity contribution < 1.29 is 22.7 Å². The first-order valence-corrected chi connectivity index (χ1v) is 9.98. The Bertz CT molecular complexity index is 588. The minimum atomic E-state index is -4.15. The molecule has 4 aliphatic heterocycles. The van der Waals surface area contributed by atoms with Crippen LogP contribution in [0.3, 0.4) is 0 Å². The van der Waals surface area contributed by atoms with Crippen LogP contribution in [0, 0.1) is 11.3 Å². The largest absolute Gasteiger partial charge is 0.401 e. The first-order valence-electron chi connectivity index (χ1n) is 9.98. The molecule has 0 saturated carbocycles. The van der Waals surface area contributed by atoms with E-state index in [-0.39, 0.29) is 30.3 Å². The van der Waals surface area contributed by atoms with Crippen molar-refractivity contribution in [2.75, 3.05) is 32.7 Å². The van der Waals surface area contributed by atoms with Crippen molar-refractivity contribution in [1.82, 2.24) is 31.7 Å². The Labute approximate surface area is 162 Å². The zero-order chi connectivity index (χ0) is 19.9. The van der Waals surface area contributed by atoms with Crippen LogP contribution < -0.4 is 26.8 Å². The van der Waals surface area contributed by atoms with Gasteiger partial charge >= 0.3 is 6.18 Å². The number of alkyl halides is 3. The van der Waals surface area contributed by atoms with Crippen LogP contribution >= 0.6 is 0 Å². The summed E-state index contributed by atoms with van der Waals surface area (Å²) in [7, 11) is 0. The molecule has 11 heteroatoms. The van der Waals surface area contributed by atoms with Gasteiger partial charge in [-0.1, -0.05) is 0 Å². The summed E-state index contributed by atoms with van der Waals surface area (Å²) in [5.74, 6) is 0.0964. The molecule has 0 aromatic carbocycles. The molecule has 5 unspecified atom stereocenters. The summed E-state index contributed by atoms with van der Waals surface area (Å²) in [6.45, 7) is 3.33. The fourth-order valence-corrected chi connectivity index (χ4v) is 4.63. The minimum Gasteiger partial charge on any atom is -0.355 e. The van der Waals surface area contributed by atoms with E-state index in [0.29, 0.717) is 26.1 Å². The normalized spacial score (nSPS) is 40.5. The summed E-state index contributed by atoms with van der Waals surface area (Å²) in [4.78, 5) is 13.6. The first-order chi connectivity index (χ1) is 13.2. The van der Waals surface area contributed by atoms with Crippen LogP contribution in [0.25, 0.3) is 0 Å². The Morgan fingerprint density at radius 2 is 2.07 bits per heavy atom. The molecule has 0 spiro atoms. The average molecular weight is 406 g/mol. The van der Waals surface area contributed by atoms with Crippen LogP contribution in [0.15, 0.2) is 0 Å². The van der Waals surface area contributed by atoms with Crippen molar-refractivity contribution in [3.8, 4) is 0 Å². The molecule has 4 aliphatic rings. The molecule has 8 nitrogen and oxygen atoms in total. The van der Waals surface area contributed by atoms with E-state index >= 15 is 0 Å². The first kappa shape index (κ1) is 20.3. The molecule has 0 aromatic rings. The number of carbonyl (C=O) groups is 1. The number of hydrogen-bond acceptors (Lipinski definition) is 7. The number of hydrazine groups is 1. The maximum absolute atomic E-state index is 12.5. The molecule has 28 heavy (non-hydrogen) atoms. The molecule has 4 saturated heterocycles. The molecule has 160 valence electrons. The Kier molecular flexibility index (Phi) is 5.58. The van der Waals surface area contributed by atoms with Crippen molar-refractivity contribution in [1.29, 1.82) is 0 Å². The van der Waals surface area contributed by atoms with Gasteiger partial charge in [-0.2, -0.15) is 13.2 Å². The van der Waals surface area contributed by atoms with Gasteiger partial charge in [-0.3, -0.25) is 15.0 Å². The zero-order valence-electron chi connectivity index (χ0n) is 15.9. The van der Waals surface area contributed by atoms with Gasteiger partial charge in [0.05, 0.1) is 18.1 Å². The Balaban J connectivity index is 1.31. The number of hydrogen-bond donors (Lipinski definition) is 5. The summed E-state index contributed by atoms with van der Waals surface area (Å²) in [6.07, 6.45) is -2.24. The van der Waals surface area contributed by atoms with Gasteiger partial charge in [0, 0.05) is 31.6 Å². The van der Waals surface area contributed by atoms with E-state index in [9.17, 15) is 18.0 Å². The topological polar surface area (TPSA) is 89.7 Å². The number of carbonyl (C=O) groups excluding carboxylic acids is 1. The number of rotatable bonds is 5. The highest BCUT2D eigenvalue weighted by Crippen LogP contribution is 2.35. The van der Waals surface area contributed by atoms with Gasteiger partial charge in [0.25, 0.3) is 0 Å². The monoisotopic (exact) mass is 406 g/mol. The molecule has 0 bridgehead atoms. The van der Waals surface area contributed by atoms with Crippen molar-refractivity contribution in [3.63, 3.8) is 0 Å². The highest BCUT2D eigenvalue weighted by atomic mass is 19.4. The molecule has 5 N–H and O–H groups in total. The van der Waals surface area contributed by atoms with Crippen molar-refractivity contribution in [2.45, 2.75) is 57.0 Å². The number of halogens is 3. The standard InChI is InChI=1S/C17H29F3N6O2/c1-16(4-6-22-14(16)27)15-25-24-13(28-15)11-3-2-5-21-12(11)23-10-7-26(8-10)9-17(18,19)20/h10-13,15,21,23-25H,2-9H2,1H3,(H,22,27). The molecule has 5 atom stereocenters. The maximum Gasteiger partial charge on any atom is 0.401 e. The van der Waals surface area contributed by atoms with Gasteiger partial charge in [-0.25, -0.2) is 10.9 Å². The fourth-order valence-electron chi connectivity index (χ4n) is 4.63. The van der Waals surface area contributed by atoms with Gasteiger partial charge in [0.15, 0.2) is 0 Å². The van der Waals surface area contributed by atoms with Gasteiger partial charge in [0.1, 0.15) is 12.5 Å². The minimum absolute atomic E-state index is 0.0110. The summed E-state index contributed by atoms with van der Waals surface area (Å²) >= 11 is 0. The van der Waals surface area contributed by atoms with Gasteiger partial charge in [-0.05, 0) is 32.7 Å². The summed E-state index contributed by atoms with van der Waals surface area (Å²) in [5, 5.41) is 9.74. The molecular formula is C17H29F3N6O2. The second-order valence-electron chi connectivity index (χ2n) is 8.56. The lowest BCUT2D eigenvalue weighted by Gasteiger charge is -2.45. The summed E-state index contributed by atoms with van der Waals surface area (Å²) in [6, 6.07) is 0.0312. The highest BCUT2D eigenvalue weighted by molar-refractivity contribution is 5.84. The Morgan fingerprint density at radius 3 is 2.75 bits per heavy atom. The molecule has 4 rings (SSSR count). The van der Waals surface area contributed by atoms with E-state index in [4.69, 9.17) is 4.74 Å². The van der Waals surface area contributed by atoms with E-state index in [1.165, 1.54) is 4.90 Å². The average Bonchev–Trinajstić information content (AvgIpc) is 3.21. The number of likely N-dealkylation sites (tertiary alicyclic amines) is 1. The Morgan fingerprint density at radius 1 is 1.29 bits per heavy atom. The zero-order valence-corrected chi connectivity index (χ0v) is 15.9. The number of ether oxygens (including phenoxy) is 1. The van der Waals surface area contributed by atoms with Gasteiger partial charge in [-0.15, -0.1) is 0 Å². The van der Waals surface area contributed by atoms with Crippen LogP contribution in [0.1, 0.15) is 26.2 Å². The van der Waals surface area contributed by atoms with E-state index in [0.717, 1.165) is 19.4 Å². The summed E-state index contributed by atoms with van der Waals surface area (Å²) in [5.41, 5.74) is 5.70. The Hall–Kier alpha value is -0.980. The molecule has 0 radical (unpaired) electrons. The quantitative estimate of drug-likeness (QED) is 0.419. The van der Waals surface area contributed by atoms with Crippen molar-refractivity contribution >= 4 is 5.91 Å². The third-order valence-electron chi connectivity index (χ3n) is 6.34. The smallest absolute Gasteiger partial charge is 0.355 e. The second-order valence-corrected chi connectivity index (χ2v) is 8.56. The van der Waals surface area contributed by atoms with Crippen LogP contribution in [-0.4, -0.2) is 74.4 Å². The molecule has 0 aromatic heterocycles. The molecule has 4 fully saturated rings. The van der Waals surface area contributed by atoms with Gasteiger partial charge in [0.2, 0.25) is 5.91 Å². The predicted octanol–water partition coefficient (Wildman–Crippen LogP) is -0.549. The molecule has 0 aliphatic carbocycles. The third kappa shape index (κ3) is 4.14. The maximum atomic E-state index is 12.5. The highest BCUT2D eigenvalue weighted by Gasteiger charge is 2.50. The van der Waals surface area contributed by atoms with E-state index in [1.807, 2.05) is 6.92 Å². The number of nitrogens with zero attached hydrogens (tertiary/aromatic N) is 1. The lowest BCUT2D eigenvalue weighted by atomic mass is 9.87. The molecular weight excluding hydrogens is 377 g/mol. The van der Waals surface area contributed by atoms with Crippen molar-refractivity contribution in [2.24, 2.45) is 11.3 Å². The number of piperidine rings is 1. The van der Waals surface area contributed by atoms with Crippen LogP contribution in [0.5, 0.6) is 0 Å². The summed E-state index contributed by atoms with van der Waals surface area (Å²) < 4.78 is 43.6. The van der Waals surface area contributed by atoms with Crippen LogP contribution in [0.4, 0.5) is 13.2 Å². The number of nitrogens with one attached hydrogen (secondary N) is 5. The second kappa shape index (κ2) is 7.69. The lowest BCUT2D eigenvalue weighted by Crippen LogP contribution is -2.67. The SMILES string of the molecule is CC1(C2NNC(C3CCCNC3NC3CN(CC(F)(F)F)C3)O2)CCNC1=O.